The Balaban J connectivity index is 4.17. The first-order chi connectivity index (χ1) is 4.04. The van der Waals surface area contributed by atoms with Crippen molar-refractivity contribution in [1.82, 2.24) is 0 Å². The minimum Gasteiger partial charge on any atom is -0.287 e. The molecule has 0 atom stereocenters. The number of hydrogen-bond acceptors (Lipinski definition) is 2. The highest BCUT2D eigenvalue weighted by Gasteiger charge is 1.97. The van der Waals surface area contributed by atoms with E-state index in [0.29, 0.717) is 0 Å². The molecule has 0 aromatic rings. The van der Waals surface area contributed by atoms with Gasteiger partial charge in [0.2, 0.25) is 0 Å². The van der Waals surface area contributed by atoms with Gasteiger partial charge >= 0.3 is 0 Å². The lowest BCUT2D eigenvalue weighted by Gasteiger charge is -1.87. The molecule has 5 heteroatoms. The molecule has 9 heavy (non-hydrogen) atoms. The number of hydrogen-bond donors (Lipinski definition) is 2. The second-order valence-corrected chi connectivity index (χ2v) is 2.04. The Morgan fingerprint density at radius 2 is 1.78 bits per heavy atom. The van der Waals surface area contributed by atoms with Crippen LogP contribution in [0.3, 0.4) is 0 Å². The van der Waals surface area contributed by atoms with Gasteiger partial charge in [-0.05, 0) is 6.92 Å². The van der Waals surface area contributed by atoms with Crippen LogP contribution in [0.25, 0.3) is 0 Å². The summed E-state index contributed by atoms with van der Waals surface area (Å²) in [5.74, 6) is 0.0328. The number of amidine groups is 1. The molecule has 0 aliphatic rings. The highest BCUT2D eigenvalue weighted by atomic mass is 35.5. The third-order valence-corrected chi connectivity index (χ3v) is 0.996. The first-order valence-electron chi connectivity index (χ1n) is 2.08. The van der Waals surface area contributed by atoms with Crippen LogP contribution in [-0.2, 0) is 0 Å². The molecule has 0 fully saturated rings. The van der Waals surface area contributed by atoms with Crippen LogP contribution in [0.15, 0.2) is 4.99 Å². The molecule has 0 saturated carbocycles. The predicted octanol–water partition coefficient (Wildman–Crippen LogP) is 1.84. The molecular weight excluding hydrogens is 161 g/mol. The lowest BCUT2D eigenvalue weighted by molar-refractivity contribution is 1.42. The molecule has 0 aromatic heterocycles. The van der Waals surface area contributed by atoms with Crippen molar-refractivity contribution in [2.45, 2.75) is 6.92 Å². The van der Waals surface area contributed by atoms with E-state index < -0.39 is 0 Å². The number of rotatable bonds is 1. The van der Waals surface area contributed by atoms with Gasteiger partial charge in [-0.3, -0.25) is 10.8 Å². The normalized spacial score (nSPS) is 11.2. The fourth-order valence-corrected chi connectivity index (χ4v) is 0.365. The van der Waals surface area contributed by atoms with Gasteiger partial charge in [-0.15, -0.1) is 0 Å². The molecule has 2 N–H and O–H groups in total. The molecular formula is C4H5Cl2N3. The van der Waals surface area contributed by atoms with Crippen LogP contribution in [0.5, 0.6) is 0 Å². The summed E-state index contributed by atoms with van der Waals surface area (Å²) >= 11 is 10.4. The predicted molar refractivity (Wildman–Crippen MR) is 40.3 cm³/mol. The van der Waals surface area contributed by atoms with Crippen LogP contribution < -0.4 is 0 Å². The Morgan fingerprint density at radius 3 is 1.89 bits per heavy atom. The number of halogens is 2. The molecule has 0 amide bonds. The Kier molecular flexibility index (Phi) is 3.42. The van der Waals surface area contributed by atoms with E-state index in [9.17, 15) is 0 Å². The van der Waals surface area contributed by atoms with Crippen LogP contribution in [0, 0.1) is 10.8 Å². The van der Waals surface area contributed by atoms with E-state index in [-0.39, 0.29) is 16.2 Å². The smallest absolute Gasteiger partial charge is 0.167 e. The summed E-state index contributed by atoms with van der Waals surface area (Å²) in [5, 5.41) is 13.0. The summed E-state index contributed by atoms with van der Waals surface area (Å²) in [7, 11) is 0. The molecule has 0 saturated heterocycles. The lowest BCUT2D eigenvalue weighted by atomic mass is 10.7. The van der Waals surface area contributed by atoms with Gasteiger partial charge in [0.15, 0.2) is 10.3 Å². The van der Waals surface area contributed by atoms with E-state index in [4.69, 9.17) is 34.0 Å². The standard InChI is InChI=1S/C4H5Cl2N3/c1-2(7)9-4(6)3(5)8/h7-8H,1H3. The topological polar surface area (TPSA) is 60.1 Å². The summed E-state index contributed by atoms with van der Waals surface area (Å²) in [6.07, 6.45) is 0. The second kappa shape index (κ2) is 3.58. The average Bonchev–Trinajstić information content (AvgIpc) is 1.63. The molecule has 0 aromatic carbocycles. The quantitative estimate of drug-likeness (QED) is 0.441. The van der Waals surface area contributed by atoms with Crippen molar-refractivity contribution in [1.29, 1.82) is 10.8 Å². The van der Waals surface area contributed by atoms with Crippen molar-refractivity contribution in [2.75, 3.05) is 0 Å². The van der Waals surface area contributed by atoms with Gasteiger partial charge < -0.3 is 0 Å². The minimum absolute atomic E-state index is 0.0328. The van der Waals surface area contributed by atoms with E-state index in [2.05, 4.69) is 4.99 Å². The zero-order chi connectivity index (χ0) is 7.44. The molecule has 0 bridgehead atoms. The lowest BCUT2D eigenvalue weighted by Crippen LogP contribution is -1.99. The summed E-state index contributed by atoms with van der Waals surface area (Å²) in [6, 6.07) is 0. The van der Waals surface area contributed by atoms with Gasteiger partial charge in [-0.1, -0.05) is 23.2 Å². The van der Waals surface area contributed by atoms with Gasteiger partial charge in [0.25, 0.3) is 0 Å². The molecule has 0 aliphatic carbocycles. The van der Waals surface area contributed by atoms with Crippen LogP contribution >= 0.6 is 23.2 Å². The Morgan fingerprint density at radius 1 is 1.33 bits per heavy atom. The van der Waals surface area contributed by atoms with E-state index in [1.54, 1.807) is 0 Å². The average molecular weight is 166 g/mol. The molecule has 50 valence electrons. The number of aliphatic imine (C=N–C) groups is 1. The molecule has 3 nitrogen and oxygen atoms in total. The highest BCUT2D eigenvalue weighted by molar-refractivity contribution is 7.00. The van der Waals surface area contributed by atoms with Crippen molar-refractivity contribution in [2.24, 2.45) is 4.99 Å². The van der Waals surface area contributed by atoms with E-state index >= 15 is 0 Å². The van der Waals surface area contributed by atoms with E-state index in [1.165, 1.54) is 6.92 Å². The van der Waals surface area contributed by atoms with Crippen molar-refractivity contribution in [3.05, 3.63) is 0 Å². The molecule has 0 heterocycles. The minimum atomic E-state index is -0.344. The molecule has 0 radical (unpaired) electrons. The van der Waals surface area contributed by atoms with Gasteiger partial charge in [0.05, 0.1) is 0 Å². The first kappa shape index (κ1) is 8.59. The SMILES string of the molecule is CC(=N)N=C(Cl)C(=N)Cl. The van der Waals surface area contributed by atoms with Gasteiger partial charge in [-0.2, -0.15) is 0 Å². The monoisotopic (exact) mass is 165 g/mol. The third kappa shape index (κ3) is 4.12. The second-order valence-electron chi connectivity index (χ2n) is 1.30. The summed E-state index contributed by atoms with van der Waals surface area (Å²) < 4.78 is 0. The largest absolute Gasteiger partial charge is 0.287 e. The fourth-order valence-electron chi connectivity index (χ4n) is 0.196. The van der Waals surface area contributed by atoms with Crippen LogP contribution in [0.2, 0.25) is 0 Å². The zero-order valence-corrected chi connectivity index (χ0v) is 6.22. The first-order valence-corrected chi connectivity index (χ1v) is 2.83. The highest BCUT2D eigenvalue weighted by Crippen LogP contribution is 1.93. The zero-order valence-electron chi connectivity index (χ0n) is 4.70. The maximum Gasteiger partial charge on any atom is 0.167 e. The van der Waals surface area contributed by atoms with Gasteiger partial charge in [0.1, 0.15) is 5.84 Å². The summed E-state index contributed by atoms with van der Waals surface area (Å²) in [4.78, 5) is 3.39. The Hall–Kier alpha value is -0.410. The summed E-state index contributed by atoms with van der Waals surface area (Å²) in [5.41, 5.74) is 0. The maximum absolute atomic E-state index is 6.79. The van der Waals surface area contributed by atoms with E-state index in [1.807, 2.05) is 0 Å². The van der Waals surface area contributed by atoms with Crippen LogP contribution in [-0.4, -0.2) is 16.2 Å². The fraction of sp³-hybridized carbons (Fsp3) is 0.250. The van der Waals surface area contributed by atoms with E-state index in [0.717, 1.165) is 0 Å². The van der Waals surface area contributed by atoms with Crippen molar-refractivity contribution in [3.8, 4) is 0 Å². The third-order valence-electron chi connectivity index (χ3n) is 0.447. The van der Waals surface area contributed by atoms with Crippen LogP contribution in [0.1, 0.15) is 6.92 Å². The van der Waals surface area contributed by atoms with Crippen molar-refractivity contribution < 1.29 is 0 Å². The molecule has 0 unspecified atom stereocenters. The Bertz CT molecular complexity index is 173. The van der Waals surface area contributed by atoms with Gasteiger partial charge in [0, 0.05) is 0 Å². The van der Waals surface area contributed by atoms with Crippen molar-refractivity contribution >= 4 is 39.4 Å². The Labute approximate surface area is 62.7 Å². The number of nitrogens with zero attached hydrogens (tertiary/aromatic N) is 1. The van der Waals surface area contributed by atoms with Crippen molar-refractivity contribution in [3.63, 3.8) is 0 Å². The number of nitrogens with one attached hydrogen (secondary N) is 2. The molecule has 0 aliphatic heterocycles. The van der Waals surface area contributed by atoms with Crippen LogP contribution in [0.4, 0.5) is 0 Å². The van der Waals surface area contributed by atoms with Gasteiger partial charge in [-0.25, -0.2) is 4.99 Å². The summed E-state index contributed by atoms with van der Waals surface area (Å²) in [6.45, 7) is 1.45. The molecule has 0 spiro atoms. The maximum atomic E-state index is 6.79. The molecule has 0 rings (SSSR count).